The minimum absolute atomic E-state index is 0.102. The zero-order valence-electron chi connectivity index (χ0n) is 17.7. The van der Waals surface area contributed by atoms with Crippen LogP contribution in [0.25, 0.3) is 0 Å². The predicted molar refractivity (Wildman–Crippen MR) is 113 cm³/mol. The van der Waals surface area contributed by atoms with Crippen LogP contribution in [0.5, 0.6) is 5.75 Å². The van der Waals surface area contributed by atoms with E-state index >= 15 is 0 Å². The fraction of sp³-hybridized carbons (Fsp3) is 0.591. The van der Waals surface area contributed by atoms with Crippen LogP contribution in [0.3, 0.4) is 0 Å². The SMILES string of the molecule is CCCN(CC(=O)Nc1ccccc1OC)CC(=O)N(C)C1(C#N)CCCCC1. The normalized spacial score (nSPS) is 15.4. The van der Waals surface area contributed by atoms with E-state index < -0.39 is 5.54 Å². The number of nitrogens with one attached hydrogen (secondary N) is 1. The van der Waals surface area contributed by atoms with Crippen molar-refractivity contribution in [3.63, 3.8) is 0 Å². The molecule has 0 unspecified atom stereocenters. The number of nitrogens with zero attached hydrogens (tertiary/aromatic N) is 3. The highest BCUT2D eigenvalue weighted by atomic mass is 16.5. The first-order valence-electron chi connectivity index (χ1n) is 10.3. The van der Waals surface area contributed by atoms with Crippen LogP contribution >= 0.6 is 0 Å². The topological polar surface area (TPSA) is 85.7 Å². The van der Waals surface area contributed by atoms with Gasteiger partial charge in [-0.05, 0) is 37.9 Å². The molecule has 1 saturated carbocycles. The molecule has 158 valence electrons. The molecule has 2 rings (SSSR count). The number of benzene rings is 1. The minimum atomic E-state index is -0.715. The number of rotatable bonds is 9. The van der Waals surface area contributed by atoms with Crippen LogP contribution in [-0.4, -0.2) is 60.9 Å². The molecule has 1 aromatic rings. The van der Waals surface area contributed by atoms with Gasteiger partial charge >= 0.3 is 0 Å². The molecule has 7 heteroatoms. The average molecular weight is 401 g/mol. The van der Waals surface area contributed by atoms with Crippen LogP contribution in [0, 0.1) is 11.3 Å². The molecule has 1 aromatic carbocycles. The summed E-state index contributed by atoms with van der Waals surface area (Å²) in [5.41, 5.74) is -0.113. The first kappa shape index (κ1) is 22.7. The lowest BCUT2D eigenvalue weighted by molar-refractivity contribution is -0.136. The van der Waals surface area contributed by atoms with E-state index in [2.05, 4.69) is 11.4 Å². The van der Waals surface area contributed by atoms with Gasteiger partial charge in [-0.3, -0.25) is 14.5 Å². The van der Waals surface area contributed by atoms with Crippen molar-refractivity contribution in [2.24, 2.45) is 0 Å². The third kappa shape index (κ3) is 5.94. The van der Waals surface area contributed by atoms with Crippen molar-refractivity contribution in [1.29, 1.82) is 5.26 Å². The third-order valence-corrected chi connectivity index (χ3v) is 5.55. The van der Waals surface area contributed by atoms with Gasteiger partial charge in [-0.25, -0.2) is 0 Å². The second-order valence-electron chi connectivity index (χ2n) is 7.62. The van der Waals surface area contributed by atoms with Gasteiger partial charge in [0.15, 0.2) is 0 Å². The maximum atomic E-state index is 12.9. The quantitative estimate of drug-likeness (QED) is 0.689. The Bertz CT molecular complexity index is 738. The van der Waals surface area contributed by atoms with Gasteiger partial charge in [-0.1, -0.05) is 38.3 Å². The summed E-state index contributed by atoms with van der Waals surface area (Å²) in [4.78, 5) is 28.9. The van der Waals surface area contributed by atoms with Crippen molar-refractivity contribution >= 4 is 17.5 Å². The summed E-state index contributed by atoms with van der Waals surface area (Å²) in [5.74, 6) is 0.269. The molecular formula is C22H32N4O3. The number of likely N-dealkylation sites (N-methyl/N-ethyl adjacent to an activating group) is 1. The van der Waals surface area contributed by atoms with E-state index in [9.17, 15) is 14.9 Å². The van der Waals surface area contributed by atoms with E-state index in [1.165, 1.54) is 0 Å². The molecule has 1 aliphatic carbocycles. The zero-order valence-corrected chi connectivity index (χ0v) is 17.7. The number of methoxy groups -OCH3 is 1. The van der Waals surface area contributed by atoms with Crippen LogP contribution in [-0.2, 0) is 9.59 Å². The van der Waals surface area contributed by atoms with Crippen LogP contribution in [0.1, 0.15) is 45.4 Å². The first-order valence-corrected chi connectivity index (χ1v) is 10.3. The predicted octanol–water partition coefficient (Wildman–Crippen LogP) is 3.03. The fourth-order valence-corrected chi connectivity index (χ4v) is 3.87. The molecule has 0 heterocycles. The number of nitriles is 1. The molecule has 1 fully saturated rings. The Kier molecular flexibility index (Phi) is 8.47. The van der Waals surface area contributed by atoms with Gasteiger partial charge in [-0.2, -0.15) is 5.26 Å². The van der Waals surface area contributed by atoms with Gasteiger partial charge in [0.25, 0.3) is 0 Å². The average Bonchev–Trinajstić information content (AvgIpc) is 2.74. The highest BCUT2D eigenvalue weighted by molar-refractivity contribution is 5.94. The number of hydrogen-bond acceptors (Lipinski definition) is 5. The number of ether oxygens (including phenoxy) is 1. The van der Waals surface area contributed by atoms with E-state index in [-0.39, 0.29) is 24.9 Å². The van der Waals surface area contributed by atoms with E-state index in [1.54, 1.807) is 31.2 Å². The maximum absolute atomic E-state index is 12.9. The number of amides is 2. The molecule has 2 amide bonds. The molecule has 29 heavy (non-hydrogen) atoms. The van der Waals surface area contributed by atoms with E-state index in [1.807, 2.05) is 24.0 Å². The maximum Gasteiger partial charge on any atom is 0.238 e. The standard InChI is InChI=1S/C22H32N4O3/c1-4-14-26(15-20(27)24-18-10-6-7-11-19(18)29-3)16-21(28)25(2)22(17-23)12-8-5-9-13-22/h6-7,10-11H,4-5,8-9,12-16H2,1-3H3,(H,24,27). The molecule has 0 bridgehead atoms. The fourth-order valence-electron chi connectivity index (χ4n) is 3.87. The van der Waals surface area contributed by atoms with E-state index in [0.29, 0.717) is 30.8 Å². The summed E-state index contributed by atoms with van der Waals surface area (Å²) in [5, 5.41) is 12.6. The first-order chi connectivity index (χ1) is 14.0. The van der Waals surface area contributed by atoms with Gasteiger partial charge in [-0.15, -0.1) is 0 Å². The molecule has 1 N–H and O–H groups in total. The molecule has 0 atom stereocenters. The third-order valence-electron chi connectivity index (χ3n) is 5.55. The highest BCUT2D eigenvalue weighted by Crippen LogP contribution is 2.32. The Hall–Kier alpha value is -2.59. The van der Waals surface area contributed by atoms with Crippen LogP contribution < -0.4 is 10.1 Å². The molecule has 0 aliphatic heterocycles. The van der Waals surface area contributed by atoms with Crippen LogP contribution in [0.4, 0.5) is 5.69 Å². The highest BCUT2D eigenvalue weighted by Gasteiger charge is 2.39. The summed E-state index contributed by atoms with van der Waals surface area (Å²) in [6.45, 7) is 2.85. The van der Waals surface area contributed by atoms with Crippen molar-refractivity contribution in [1.82, 2.24) is 9.80 Å². The Balaban J connectivity index is 2.00. The van der Waals surface area contributed by atoms with Gasteiger partial charge < -0.3 is 15.0 Å². The summed E-state index contributed by atoms with van der Waals surface area (Å²) in [7, 11) is 3.27. The van der Waals surface area contributed by atoms with Crippen molar-refractivity contribution in [3.05, 3.63) is 24.3 Å². The molecular weight excluding hydrogens is 368 g/mol. The van der Waals surface area contributed by atoms with Crippen molar-refractivity contribution in [2.45, 2.75) is 51.0 Å². The van der Waals surface area contributed by atoms with E-state index in [4.69, 9.17) is 4.74 Å². The zero-order chi connectivity index (χ0) is 21.3. The number of carbonyl (C=O) groups excluding carboxylic acids is 2. The van der Waals surface area contributed by atoms with Gasteiger partial charge in [0.05, 0.1) is 32.0 Å². The molecule has 0 saturated heterocycles. The Morgan fingerprint density at radius 3 is 2.52 bits per heavy atom. The van der Waals surface area contributed by atoms with Gasteiger partial charge in [0, 0.05) is 7.05 Å². The van der Waals surface area contributed by atoms with Gasteiger partial charge in [0.1, 0.15) is 11.3 Å². The second kappa shape index (κ2) is 10.8. The lowest BCUT2D eigenvalue weighted by Crippen LogP contribution is -2.53. The van der Waals surface area contributed by atoms with Gasteiger partial charge in [0.2, 0.25) is 11.8 Å². The largest absolute Gasteiger partial charge is 0.495 e. The van der Waals surface area contributed by atoms with Crippen molar-refractivity contribution < 1.29 is 14.3 Å². The molecule has 7 nitrogen and oxygen atoms in total. The lowest BCUT2D eigenvalue weighted by Gasteiger charge is -2.39. The molecule has 0 aromatic heterocycles. The number of carbonyl (C=O) groups is 2. The Morgan fingerprint density at radius 2 is 1.90 bits per heavy atom. The smallest absolute Gasteiger partial charge is 0.238 e. The number of anilines is 1. The molecule has 0 spiro atoms. The molecule has 0 radical (unpaired) electrons. The van der Waals surface area contributed by atoms with E-state index in [0.717, 1.165) is 25.7 Å². The van der Waals surface area contributed by atoms with Crippen molar-refractivity contribution in [2.75, 3.05) is 39.1 Å². The summed E-state index contributed by atoms with van der Waals surface area (Å²) < 4.78 is 5.27. The minimum Gasteiger partial charge on any atom is -0.495 e. The summed E-state index contributed by atoms with van der Waals surface area (Å²) >= 11 is 0. The summed E-state index contributed by atoms with van der Waals surface area (Å²) in [6.07, 6.45) is 5.29. The van der Waals surface area contributed by atoms with Crippen LogP contribution in [0.15, 0.2) is 24.3 Å². The number of para-hydroxylation sites is 2. The second-order valence-corrected chi connectivity index (χ2v) is 7.62. The molecule has 1 aliphatic rings. The monoisotopic (exact) mass is 400 g/mol. The Morgan fingerprint density at radius 1 is 1.21 bits per heavy atom. The van der Waals surface area contributed by atoms with Crippen LogP contribution in [0.2, 0.25) is 0 Å². The summed E-state index contributed by atoms with van der Waals surface area (Å²) in [6, 6.07) is 9.60. The van der Waals surface area contributed by atoms with Crippen molar-refractivity contribution in [3.8, 4) is 11.8 Å². The number of hydrogen-bond donors (Lipinski definition) is 1. The Labute approximate surface area is 173 Å². The lowest BCUT2D eigenvalue weighted by atomic mass is 9.81.